The predicted molar refractivity (Wildman–Crippen MR) is 212 cm³/mol. The van der Waals surface area contributed by atoms with Crippen molar-refractivity contribution in [3.05, 3.63) is 168 Å². The number of allylic oxidation sites excluding steroid dienone is 4. The number of hydrogen-bond donors (Lipinski definition) is 0. The summed E-state index contributed by atoms with van der Waals surface area (Å²) < 4.78 is 2.16. The summed E-state index contributed by atoms with van der Waals surface area (Å²) in [4.78, 5) is 0. The number of fused-ring (bicyclic) bond motifs is 6. The Kier molecular flexibility index (Phi) is 7.29. The molecule has 1 unspecified atom stereocenters. The van der Waals surface area contributed by atoms with Crippen LogP contribution < -0.4 is 0 Å². The van der Waals surface area contributed by atoms with Crippen LogP contribution in [0.25, 0.3) is 76.9 Å². The Hall–Kier alpha value is -7.19. The van der Waals surface area contributed by atoms with E-state index in [0.29, 0.717) is 28.8 Å². The molecule has 4 nitrogen and oxygen atoms in total. The van der Waals surface area contributed by atoms with Crippen LogP contribution in [-0.2, 0) is 0 Å². The third-order valence-corrected chi connectivity index (χ3v) is 10.6. The molecule has 8 aromatic rings. The first-order chi connectivity index (χ1) is 25.6. The second kappa shape index (κ2) is 12.3. The minimum atomic E-state index is 0.197. The molecule has 0 saturated heterocycles. The zero-order chi connectivity index (χ0) is 35.3. The van der Waals surface area contributed by atoms with E-state index in [9.17, 15) is 15.8 Å². The van der Waals surface area contributed by atoms with Gasteiger partial charge in [-0.1, -0.05) is 122 Å². The quantitative estimate of drug-likeness (QED) is 0.176. The Morgan fingerprint density at radius 1 is 0.558 bits per heavy atom. The number of benzene rings is 7. The molecule has 1 aromatic heterocycles. The molecule has 242 valence electrons. The van der Waals surface area contributed by atoms with Gasteiger partial charge in [0, 0.05) is 27.5 Å². The second-order valence-corrected chi connectivity index (χ2v) is 13.5. The molecule has 0 fully saturated rings. The molecule has 0 bridgehead atoms. The SMILES string of the molecule is CC1CC(C#N)=CC=C1c1ccc(-c2c(C#N)c(-c3cc4ccccc4c4ccccc34)cc(C#N)c2-n2c3ccccc3c3ccccc32)cc1. The number of nitriles is 3. The normalized spacial score (nSPS) is 14.2. The molecule has 1 aliphatic rings. The van der Waals surface area contributed by atoms with E-state index in [2.05, 4.69) is 109 Å². The highest BCUT2D eigenvalue weighted by Crippen LogP contribution is 2.45. The van der Waals surface area contributed by atoms with Crippen molar-refractivity contribution in [3.63, 3.8) is 0 Å². The third kappa shape index (κ3) is 4.73. The van der Waals surface area contributed by atoms with E-state index in [0.717, 1.165) is 71.2 Å². The molecule has 1 atom stereocenters. The zero-order valence-electron chi connectivity index (χ0n) is 28.4. The standard InChI is InChI=1S/C48H30N4/c1-30-24-31(27-49)18-23-36(30)32-19-21-33(22-20-32)47-44(29-51)43(42-25-34-10-2-3-11-37(34)38-12-4-5-13-39(38)42)26-35(28-50)48(47)52-45-16-8-6-14-40(45)41-15-7-9-17-46(41)52/h2-23,25-26,30H,24H2,1H3. The minimum Gasteiger partial charge on any atom is -0.307 e. The van der Waals surface area contributed by atoms with E-state index in [1.165, 1.54) is 5.57 Å². The molecule has 1 aliphatic carbocycles. The molecule has 9 rings (SSSR count). The molecular formula is C48H30N4. The summed E-state index contributed by atoms with van der Waals surface area (Å²) >= 11 is 0. The van der Waals surface area contributed by atoms with Gasteiger partial charge < -0.3 is 4.57 Å². The first-order valence-electron chi connectivity index (χ1n) is 17.4. The fraction of sp³-hybridized carbons (Fsp3) is 0.0625. The van der Waals surface area contributed by atoms with Crippen molar-refractivity contribution in [2.45, 2.75) is 13.3 Å². The molecule has 7 aromatic carbocycles. The first-order valence-corrected chi connectivity index (χ1v) is 17.4. The average Bonchev–Trinajstić information content (AvgIpc) is 3.53. The molecule has 52 heavy (non-hydrogen) atoms. The summed E-state index contributed by atoms with van der Waals surface area (Å²) in [5, 5.41) is 38.3. The van der Waals surface area contributed by atoms with E-state index in [1.54, 1.807) is 0 Å². The Labute approximate surface area is 301 Å². The average molecular weight is 663 g/mol. The highest BCUT2D eigenvalue weighted by atomic mass is 15.0. The van der Waals surface area contributed by atoms with Gasteiger partial charge >= 0.3 is 0 Å². The monoisotopic (exact) mass is 662 g/mol. The summed E-state index contributed by atoms with van der Waals surface area (Å²) in [6, 6.07) is 53.1. The molecule has 0 aliphatic heterocycles. The van der Waals surface area contributed by atoms with Crippen LogP contribution in [0.5, 0.6) is 0 Å². The van der Waals surface area contributed by atoms with Crippen molar-refractivity contribution < 1.29 is 0 Å². The van der Waals surface area contributed by atoms with E-state index >= 15 is 0 Å². The number of para-hydroxylation sites is 2. The van der Waals surface area contributed by atoms with E-state index in [1.807, 2.05) is 66.7 Å². The zero-order valence-corrected chi connectivity index (χ0v) is 28.4. The maximum absolute atomic E-state index is 11.3. The summed E-state index contributed by atoms with van der Waals surface area (Å²) in [6.07, 6.45) is 4.66. The summed E-state index contributed by atoms with van der Waals surface area (Å²) in [5.74, 6) is 0.197. The molecule has 4 heteroatoms. The van der Waals surface area contributed by atoms with Gasteiger partial charge in [-0.15, -0.1) is 0 Å². The largest absolute Gasteiger partial charge is 0.307 e. The molecule has 1 heterocycles. The smallest absolute Gasteiger partial charge is 0.101 e. The van der Waals surface area contributed by atoms with E-state index in [4.69, 9.17) is 0 Å². The van der Waals surface area contributed by atoms with Gasteiger partial charge in [0.15, 0.2) is 0 Å². The minimum absolute atomic E-state index is 0.197. The highest BCUT2D eigenvalue weighted by Gasteiger charge is 2.26. The second-order valence-electron chi connectivity index (χ2n) is 13.5. The molecule has 0 spiro atoms. The fourth-order valence-electron chi connectivity index (χ4n) is 8.20. The third-order valence-electron chi connectivity index (χ3n) is 10.6. The van der Waals surface area contributed by atoms with Crippen LogP contribution in [0.3, 0.4) is 0 Å². The van der Waals surface area contributed by atoms with Gasteiger partial charge in [0.25, 0.3) is 0 Å². The van der Waals surface area contributed by atoms with Crippen LogP contribution in [0, 0.1) is 39.9 Å². The Bertz CT molecular complexity index is 2920. The van der Waals surface area contributed by atoms with Crippen LogP contribution in [0.1, 0.15) is 30.0 Å². The van der Waals surface area contributed by atoms with Crippen molar-refractivity contribution in [1.29, 1.82) is 15.8 Å². The number of rotatable bonds is 4. The van der Waals surface area contributed by atoms with Gasteiger partial charge in [-0.2, -0.15) is 15.8 Å². The molecule has 0 radical (unpaired) electrons. The van der Waals surface area contributed by atoms with Crippen molar-refractivity contribution in [1.82, 2.24) is 4.57 Å². The van der Waals surface area contributed by atoms with Crippen molar-refractivity contribution in [3.8, 4) is 46.1 Å². The van der Waals surface area contributed by atoms with Crippen LogP contribution in [-0.4, -0.2) is 4.57 Å². The first kappa shape index (κ1) is 30.8. The summed E-state index contributed by atoms with van der Waals surface area (Å²) in [7, 11) is 0. The summed E-state index contributed by atoms with van der Waals surface area (Å²) in [5.41, 5.74) is 9.82. The molecule has 0 saturated carbocycles. The maximum atomic E-state index is 11.3. The van der Waals surface area contributed by atoms with Gasteiger partial charge in [0.1, 0.15) is 12.1 Å². The van der Waals surface area contributed by atoms with Gasteiger partial charge in [-0.25, -0.2) is 0 Å². The van der Waals surface area contributed by atoms with Crippen LogP contribution >= 0.6 is 0 Å². The fourth-order valence-corrected chi connectivity index (χ4v) is 8.20. The lowest BCUT2D eigenvalue weighted by Crippen LogP contribution is -2.06. The van der Waals surface area contributed by atoms with E-state index < -0.39 is 0 Å². The lowest BCUT2D eigenvalue weighted by Gasteiger charge is -2.22. The number of aromatic nitrogens is 1. The summed E-state index contributed by atoms with van der Waals surface area (Å²) in [6.45, 7) is 2.15. The topological polar surface area (TPSA) is 76.3 Å². The van der Waals surface area contributed by atoms with Crippen LogP contribution in [0.15, 0.2) is 151 Å². The number of hydrogen-bond acceptors (Lipinski definition) is 3. The van der Waals surface area contributed by atoms with Crippen molar-refractivity contribution >= 4 is 48.9 Å². The molecule has 0 N–H and O–H groups in total. The van der Waals surface area contributed by atoms with Crippen LogP contribution in [0.2, 0.25) is 0 Å². The lowest BCUT2D eigenvalue weighted by atomic mass is 9.83. The van der Waals surface area contributed by atoms with Gasteiger partial charge in [0.05, 0.1) is 33.9 Å². The Morgan fingerprint density at radius 2 is 1.15 bits per heavy atom. The van der Waals surface area contributed by atoms with E-state index in [-0.39, 0.29) is 5.92 Å². The predicted octanol–water partition coefficient (Wildman–Crippen LogP) is 12.0. The molecular weight excluding hydrogens is 633 g/mol. The van der Waals surface area contributed by atoms with Gasteiger partial charge in [0.2, 0.25) is 0 Å². The lowest BCUT2D eigenvalue weighted by molar-refractivity contribution is 0.741. The van der Waals surface area contributed by atoms with Crippen LogP contribution in [0.4, 0.5) is 0 Å². The molecule has 0 amide bonds. The van der Waals surface area contributed by atoms with Crippen molar-refractivity contribution in [2.24, 2.45) is 5.92 Å². The van der Waals surface area contributed by atoms with Crippen molar-refractivity contribution in [2.75, 3.05) is 0 Å². The Balaban J connectivity index is 1.39. The maximum Gasteiger partial charge on any atom is 0.101 e. The van der Waals surface area contributed by atoms with Gasteiger partial charge in [-0.3, -0.25) is 0 Å². The van der Waals surface area contributed by atoms with Gasteiger partial charge in [-0.05, 0) is 86.5 Å². The Morgan fingerprint density at radius 3 is 1.79 bits per heavy atom. The highest BCUT2D eigenvalue weighted by molar-refractivity contribution is 6.15. The number of nitrogens with zero attached hydrogens (tertiary/aromatic N) is 4.